The zero-order valence-corrected chi connectivity index (χ0v) is 34.4. The molecule has 2 heterocycles. The Morgan fingerprint density at radius 2 is 0.719 bits per heavy atom. The van der Waals surface area contributed by atoms with Gasteiger partial charge in [0.15, 0.2) is 34.2 Å². The molecule has 0 aliphatic carbocycles. The summed E-state index contributed by atoms with van der Waals surface area (Å²) in [5, 5.41) is 64.0. The molecule has 0 saturated carbocycles. The number of aromatic nitrogens is 8. The highest BCUT2D eigenvalue weighted by molar-refractivity contribution is 5.71. The van der Waals surface area contributed by atoms with E-state index >= 15 is 0 Å². The zero-order chi connectivity index (χ0) is 43.7. The largest absolute Gasteiger partial charge is 1.00 e. The number of rotatable bonds is 13. The van der Waals surface area contributed by atoms with Crippen LogP contribution >= 0.6 is 0 Å². The van der Waals surface area contributed by atoms with Gasteiger partial charge in [0.2, 0.25) is 0 Å². The molecule has 0 radical (unpaired) electrons. The topological polar surface area (TPSA) is 260 Å². The van der Waals surface area contributed by atoms with Crippen molar-refractivity contribution in [2.24, 2.45) is 0 Å². The van der Waals surface area contributed by atoms with Crippen molar-refractivity contribution >= 4 is 22.7 Å². The van der Waals surface area contributed by atoms with Gasteiger partial charge >= 0.3 is 11.6 Å². The molecule has 0 N–H and O–H groups in total. The van der Waals surface area contributed by atoms with E-state index in [9.17, 15) is 40.5 Å². The number of methoxy groups -OCH3 is 2. The molecule has 0 fully saturated rings. The lowest BCUT2D eigenvalue weighted by molar-refractivity contribution is -0.651. The number of tetrazole rings is 2. The first-order chi connectivity index (χ1) is 29.9. The molecule has 64 heavy (non-hydrogen) atoms. The van der Waals surface area contributed by atoms with Crippen LogP contribution in [0.5, 0.6) is 11.5 Å². The van der Waals surface area contributed by atoms with Gasteiger partial charge in [0.25, 0.3) is 22.7 Å². The van der Waals surface area contributed by atoms with E-state index < -0.39 is 19.7 Å². The summed E-state index contributed by atoms with van der Waals surface area (Å²) in [7, 11) is 2.95. The van der Waals surface area contributed by atoms with Gasteiger partial charge < -0.3 is 34.3 Å². The summed E-state index contributed by atoms with van der Waals surface area (Å²) in [6, 6.07) is 33.4. The number of nitrogens with zero attached hydrogens (tertiary/aromatic N) is 12. The first-order valence-electron chi connectivity index (χ1n) is 18.1. The number of non-ortho nitro benzene ring substituents is 4. The van der Waals surface area contributed by atoms with Gasteiger partial charge in [-0.2, -0.15) is 0 Å². The molecule has 0 unspecified atom stereocenters. The van der Waals surface area contributed by atoms with Crippen molar-refractivity contribution < 1.29 is 63.3 Å². The molecule has 0 spiro atoms. The Morgan fingerprint density at radius 3 is 1.00 bits per heavy atom. The maximum absolute atomic E-state index is 11.4. The summed E-state index contributed by atoms with van der Waals surface area (Å²) in [6.07, 6.45) is 0. The summed E-state index contributed by atoms with van der Waals surface area (Å²) < 4.78 is 14.7. The first kappa shape index (κ1) is 44.8. The van der Waals surface area contributed by atoms with Gasteiger partial charge in [0.05, 0.1) is 65.7 Å². The lowest BCUT2D eigenvalue weighted by Gasteiger charge is -2.11. The summed E-state index contributed by atoms with van der Waals surface area (Å²) in [6.45, 7) is 0. The fourth-order valence-electron chi connectivity index (χ4n) is 6.41. The predicted molar refractivity (Wildman–Crippen MR) is 215 cm³/mol. The highest BCUT2D eigenvalue weighted by atomic mass is 35.5. The summed E-state index contributed by atoms with van der Waals surface area (Å²) in [5.41, 5.74) is 3.52. The molecule has 6 aromatic carbocycles. The van der Waals surface area contributed by atoms with Gasteiger partial charge in [-0.25, -0.2) is 0 Å². The maximum atomic E-state index is 11.4. The van der Waals surface area contributed by atoms with Gasteiger partial charge in [-0.1, -0.05) is 21.5 Å². The fourth-order valence-corrected chi connectivity index (χ4v) is 6.41. The highest BCUT2D eigenvalue weighted by Gasteiger charge is 2.30. The van der Waals surface area contributed by atoms with Crippen molar-refractivity contribution in [3.63, 3.8) is 0 Å². The average Bonchev–Trinajstić information content (AvgIpc) is 3.95. The summed E-state index contributed by atoms with van der Waals surface area (Å²) in [4.78, 5) is 45.9. The van der Waals surface area contributed by atoms with Crippen LogP contribution in [0, 0.1) is 40.5 Å². The maximum Gasteiger partial charge on any atom is 0.335 e. The van der Waals surface area contributed by atoms with E-state index in [1.807, 2.05) is 12.1 Å². The molecule has 0 atom stereocenters. The monoisotopic (exact) mass is 906 g/mol. The third-order valence-electron chi connectivity index (χ3n) is 9.53. The van der Waals surface area contributed by atoms with Crippen LogP contribution in [0.15, 0.2) is 133 Å². The van der Waals surface area contributed by atoms with Crippen LogP contribution in [-0.4, -0.2) is 64.1 Å². The van der Waals surface area contributed by atoms with Crippen LogP contribution in [0.2, 0.25) is 0 Å². The smallest absolute Gasteiger partial charge is 0.335 e. The van der Waals surface area contributed by atoms with Crippen LogP contribution in [0.25, 0.3) is 56.7 Å². The molecule has 0 amide bonds. The normalized spacial score (nSPS) is 10.6. The number of halogens is 2. The minimum absolute atomic E-state index is 0. The Labute approximate surface area is 371 Å². The molecule has 0 aliphatic heterocycles. The second kappa shape index (κ2) is 18.5. The predicted octanol–water partition coefficient (Wildman–Crippen LogP) is 0.0604. The number of ether oxygens (including phenoxy) is 2. The molecule has 0 bridgehead atoms. The van der Waals surface area contributed by atoms with E-state index in [-0.39, 0.29) is 59.2 Å². The van der Waals surface area contributed by atoms with Gasteiger partial charge in [0, 0.05) is 58.1 Å². The van der Waals surface area contributed by atoms with Crippen molar-refractivity contribution in [1.82, 2.24) is 30.2 Å². The van der Waals surface area contributed by atoms with Crippen molar-refractivity contribution in [2.45, 2.75) is 0 Å². The van der Waals surface area contributed by atoms with Crippen LogP contribution in [0.3, 0.4) is 0 Å². The molecule has 8 rings (SSSR count). The van der Waals surface area contributed by atoms with E-state index in [1.54, 1.807) is 24.3 Å². The van der Waals surface area contributed by atoms with Gasteiger partial charge in [0.1, 0.15) is 0 Å². The Kier molecular flexibility index (Phi) is 12.9. The van der Waals surface area contributed by atoms with E-state index in [1.165, 1.54) is 130 Å². The number of nitro groups is 4. The van der Waals surface area contributed by atoms with Crippen molar-refractivity contribution in [3.8, 4) is 68.2 Å². The van der Waals surface area contributed by atoms with Gasteiger partial charge in [-0.05, 0) is 83.9 Å². The Bertz CT molecular complexity index is 2850. The summed E-state index contributed by atoms with van der Waals surface area (Å²) >= 11 is 0. The van der Waals surface area contributed by atoms with E-state index in [2.05, 4.69) is 20.6 Å². The molecule has 322 valence electrons. The van der Waals surface area contributed by atoms with Gasteiger partial charge in [-0.3, -0.25) is 40.5 Å². The molecule has 22 nitrogen and oxygen atoms in total. The Hall–Kier alpha value is -8.76. The molecular formula is C40H28Cl2N12O10. The van der Waals surface area contributed by atoms with Crippen LogP contribution < -0.4 is 43.7 Å². The third kappa shape index (κ3) is 8.70. The van der Waals surface area contributed by atoms with Crippen molar-refractivity contribution in [1.29, 1.82) is 0 Å². The second-order valence-corrected chi connectivity index (χ2v) is 13.2. The van der Waals surface area contributed by atoms with E-state index in [4.69, 9.17) is 9.47 Å². The van der Waals surface area contributed by atoms with E-state index in [0.29, 0.717) is 56.5 Å². The molecule has 0 saturated heterocycles. The number of benzene rings is 6. The highest BCUT2D eigenvalue weighted by Crippen LogP contribution is 2.33. The first-order valence-corrected chi connectivity index (χ1v) is 18.1. The second-order valence-electron chi connectivity index (χ2n) is 13.2. The molecule has 2 aromatic heterocycles. The zero-order valence-electron chi connectivity index (χ0n) is 32.9. The number of hydrogen-bond donors (Lipinski definition) is 0. The fraction of sp³-hybridized carbons (Fsp3) is 0.0500. The van der Waals surface area contributed by atoms with E-state index in [0.717, 1.165) is 0 Å². The van der Waals surface area contributed by atoms with Crippen LogP contribution in [0.4, 0.5) is 22.7 Å². The minimum atomic E-state index is -0.522. The van der Waals surface area contributed by atoms with Gasteiger partial charge in [-0.15, -0.1) is 0 Å². The quantitative estimate of drug-likeness (QED) is 0.0842. The third-order valence-corrected chi connectivity index (χ3v) is 9.53. The Balaban J connectivity index is 0.00000340. The van der Waals surface area contributed by atoms with Crippen molar-refractivity contribution in [3.05, 3.63) is 174 Å². The standard InChI is InChI=1S/C40H28N12O10.2ClH/c1-61-37-23-27(7-21-35(37)45-39(25-3-9-31(10-4-25)49(53)54)41-47(43-45)29-13-17-33(18-14-29)51(57)58)28-8-22-36(38(24-28)62-2)46-40(26-5-11-32(12-6-26)50(55)56)42-48(44-46)30-15-19-34(20-16-30)52(59)60;;/h3-24H,1-2H3;2*1H/q+2;;/p-2. The lowest BCUT2D eigenvalue weighted by atomic mass is 10.0. The van der Waals surface area contributed by atoms with Crippen LogP contribution in [-0.2, 0) is 0 Å². The molecule has 24 heteroatoms. The Morgan fingerprint density at radius 1 is 0.438 bits per heavy atom. The summed E-state index contributed by atoms with van der Waals surface area (Å²) in [5.74, 6) is 1.27. The average molecular weight is 908 g/mol. The molecular weight excluding hydrogens is 879 g/mol. The molecule has 8 aromatic rings. The van der Waals surface area contributed by atoms with Crippen molar-refractivity contribution in [2.75, 3.05) is 14.2 Å². The van der Waals surface area contributed by atoms with Crippen LogP contribution in [0.1, 0.15) is 0 Å². The SMILES string of the molecule is COc1cc(-c2ccc(-[n+]3nn(-c4ccc([N+](=O)[O-])cc4)nc3-c3ccc([N+](=O)[O-])cc3)c(OC)c2)ccc1-[n+]1nn(-c2ccc([N+](=O)[O-])cc2)nc1-c1ccc([N+](=O)[O-])cc1.[Cl-].[Cl-]. The lowest BCUT2D eigenvalue weighted by Crippen LogP contribution is -3.00. The number of nitro benzene ring substituents is 4. The minimum Gasteiger partial charge on any atom is -1.00 e. The number of hydrogen-bond acceptors (Lipinski definition) is 14. The molecule has 0 aliphatic rings.